The highest BCUT2D eigenvalue weighted by molar-refractivity contribution is 8.00. The van der Waals surface area contributed by atoms with Crippen LogP contribution in [0.15, 0.2) is 91.0 Å². The van der Waals surface area contributed by atoms with E-state index < -0.39 is 22.5 Å². The Hall–Kier alpha value is -4.16. The fraction of sp³-hybridized carbons (Fsp3) is 0.300. The second kappa shape index (κ2) is 12.6. The average molecular weight is 541 g/mol. The zero-order chi connectivity index (χ0) is 27.7. The van der Waals surface area contributed by atoms with Crippen molar-refractivity contribution in [2.45, 2.75) is 50.1 Å². The van der Waals surface area contributed by atoms with Crippen molar-refractivity contribution in [1.82, 2.24) is 25.5 Å². The second-order valence-corrected chi connectivity index (χ2v) is 11.2. The van der Waals surface area contributed by atoms with Gasteiger partial charge in [-0.1, -0.05) is 91.0 Å². The Bertz CT molecular complexity index is 1290. The van der Waals surface area contributed by atoms with Gasteiger partial charge in [-0.2, -0.15) is 5.26 Å². The van der Waals surface area contributed by atoms with Crippen molar-refractivity contribution >= 4 is 17.9 Å². The minimum atomic E-state index is -0.670. The van der Waals surface area contributed by atoms with Gasteiger partial charge in [-0.3, -0.25) is 0 Å². The highest BCUT2D eigenvalue weighted by Crippen LogP contribution is 2.49. The summed E-state index contributed by atoms with van der Waals surface area (Å²) in [6.45, 7) is 5.77. The third-order valence-corrected chi connectivity index (χ3v) is 7.65. The maximum atomic E-state index is 13.0. The van der Waals surface area contributed by atoms with E-state index >= 15 is 0 Å². The largest absolute Gasteiger partial charge is 0.444 e. The molecule has 1 heterocycles. The summed E-state index contributed by atoms with van der Waals surface area (Å²) in [5, 5.41) is 24.3. The third-order valence-electron chi connectivity index (χ3n) is 6.01. The van der Waals surface area contributed by atoms with Gasteiger partial charge in [0, 0.05) is 5.75 Å². The molecule has 4 rings (SSSR count). The first-order valence-electron chi connectivity index (χ1n) is 12.8. The van der Waals surface area contributed by atoms with Crippen LogP contribution in [0.2, 0.25) is 0 Å². The van der Waals surface area contributed by atoms with Crippen LogP contribution in [-0.4, -0.2) is 37.7 Å². The Kier molecular flexibility index (Phi) is 8.99. The van der Waals surface area contributed by atoms with Crippen LogP contribution in [0, 0.1) is 11.3 Å². The van der Waals surface area contributed by atoms with Gasteiger partial charge in [0.15, 0.2) is 5.82 Å². The molecule has 8 nitrogen and oxygen atoms in total. The monoisotopic (exact) mass is 540 g/mol. The number of amides is 1. The first kappa shape index (κ1) is 27.9. The van der Waals surface area contributed by atoms with Crippen LogP contribution in [0.3, 0.4) is 0 Å². The van der Waals surface area contributed by atoms with Crippen molar-refractivity contribution in [3.05, 3.63) is 114 Å². The molecular weight excluding hydrogens is 508 g/mol. The molecule has 1 atom stereocenters. The second-order valence-electron chi connectivity index (χ2n) is 9.96. The Morgan fingerprint density at radius 2 is 1.46 bits per heavy atom. The molecular formula is C30H32N6O2S. The topological polar surface area (TPSA) is 106 Å². The van der Waals surface area contributed by atoms with Crippen LogP contribution < -0.4 is 5.32 Å². The van der Waals surface area contributed by atoms with Crippen molar-refractivity contribution in [3.8, 4) is 6.07 Å². The maximum absolute atomic E-state index is 13.0. The van der Waals surface area contributed by atoms with Crippen LogP contribution in [0.5, 0.6) is 0 Å². The number of nitriles is 1. The molecule has 1 N–H and O–H groups in total. The lowest BCUT2D eigenvalue weighted by Gasteiger charge is -2.36. The van der Waals surface area contributed by atoms with E-state index in [2.05, 4.69) is 63.3 Å². The molecule has 3 aromatic carbocycles. The summed E-state index contributed by atoms with van der Waals surface area (Å²) in [6, 6.07) is 32.5. The first-order chi connectivity index (χ1) is 18.8. The van der Waals surface area contributed by atoms with Gasteiger partial charge < -0.3 is 10.1 Å². The number of carbonyl (C=O) groups excluding carboxylic acids is 1. The predicted octanol–water partition coefficient (Wildman–Crippen LogP) is 5.88. The number of rotatable bonds is 10. The number of aryl methyl sites for hydroxylation is 1. The highest BCUT2D eigenvalue weighted by Gasteiger charge is 2.38. The van der Waals surface area contributed by atoms with Crippen LogP contribution >= 0.6 is 11.8 Å². The number of benzene rings is 3. The van der Waals surface area contributed by atoms with Gasteiger partial charge in [-0.25, -0.2) is 9.48 Å². The summed E-state index contributed by atoms with van der Waals surface area (Å²) in [5.74, 6) is 0.886. The average Bonchev–Trinajstić information content (AvgIpc) is 3.41. The molecule has 1 amide bonds. The lowest BCUT2D eigenvalue weighted by atomic mass is 9.84. The molecule has 0 spiro atoms. The Morgan fingerprint density at radius 3 is 1.92 bits per heavy atom. The molecule has 0 aliphatic rings. The summed E-state index contributed by atoms with van der Waals surface area (Å²) in [5.41, 5.74) is 2.64. The van der Waals surface area contributed by atoms with Crippen molar-refractivity contribution in [2.24, 2.45) is 0 Å². The van der Waals surface area contributed by atoms with Crippen LogP contribution in [0.25, 0.3) is 0 Å². The molecule has 9 heteroatoms. The Labute approximate surface area is 233 Å². The normalized spacial score (nSPS) is 12.4. The molecule has 1 aromatic heterocycles. The molecule has 0 saturated heterocycles. The molecule has 0 aliphatic carbocycles. The number of carbonyl (C=O) groups is 1. The molecule has 4 aromatic rings. The maximum Gasteiger partial charge on any atom is 0.408 e. The van der Waals surface area contributed by atoms with Gasteiger partial charge >= 0.3 is 6.09 Å². The Balaban J connectivity index is 1.79. The quantitative estimate of drug-likeness (QED) is 0.251. The number of hydrogen-bond donors (Lipinski definition) is 1. The molecule has 0 fully saturated rings. The minimum absolute atomic E-state index is 0.242. The number of alkyl carbamates (subject to hydrolysis) is 1. The molecule has 200 valence electrons. The smallest absolute Gasteiger partial charge is 0.408 e. The summed E-state index contributed by atoms with van der Waals surface area (Å²) in [6.07, 6.45) is -0.320. The number of ether oxygens (including phenoxy) is 1. The molecule has 0 aliphatic heterocycles. The van der Waals surface area contributed by atoms with E-state index in [0.717, 1.165) is 16.7 Å². The number of tetrazole rings is 1. The minimum Gasteiger partial charge on any atom is -0.444 e. The molecule has 0 bridgehead atoms. The van der Waals surface area contributed by atoms with Gasteiger partial charge in [0.05, 0.1) is 23.8 Å². The van der Waals surface area contributed by atoms with E-state index in [1.807, 2.05) is 75.4 Å². The number of nitrogens with zero attached hydrogens (tertiary/aromatic N) is 5. The summed E-state index contributed by atoms with van der Waals surface area (Å²) in [7, 11) is 0. The fourth-order valence-electron chi connectivity index (χ4n) is 4.38. The van der Waals surface area contributed by atoms with Gasteiger partial charge in [-0.15, -0.1) is 16.9 Å². The summed E-state index contributed by atoms with van der Waals surface area (Å²) >= 11 is 1.68. The lowest BCUT2D eigenvalue weighted by Crippen LogP contribution is -2.38. The van der Waals surface area contributed by atoms with Gasteiger partial charge in [-0.05, 0) is 47.9 Å². The number of hydrogen-bond acceptors (Lipinski definition) is 7. The SMILES string of the molecule is CC(C)(C)OC(=O)N[C@@H](CSC(c1ccccc1)(c1ccccc1)c1ccccc1)c1nnnn1CCC#N. The van der Waals surface area contributed by atoms with Gasteiger partial charge in [0.25, 0.3) is 0 Å². The summed E-state index contributed by atoms with van der Waals surface area (Å²) in [4.78, 5) is 13.0. The zero-order valence-corrected chi connectivity index (χ0v) is 23.1. The fourth-order valence-corrected chi connectivity index (χ4v) is 5.94. The van der Waals surface area contributed by atoms with E-state index in [-0.39, 0.29) is 6.42 Å². The Morgan fingerprint density at radius 1 is 0.949 bits per heavy atom. The molecule has 0 radical (unpaired) electrons. The zero-order valence-electron chi connectivity index (χ0n) is 22.3. The van der Waals surface area contributed by atoms with Crippen molar-refractivity contribution in [2.75, 3.05) is 5.75 Å². The van der Waals surface area contributed by atoms with E-state index in [1.54, 1.807) is 16.4 Å². The first-order valence-corrected chi connectivity index (χ1v) is 13.7. The van der Waals surface area contributed by atoms with Crippen molar-refractivity contribution < 1.29 is 9.53 Å². The molecule has 0 unspecified atom stereocenters. The number of nitrogens with one attached hydrogen (secondary N) is 1. The van der Waals surface area contributed by atoms with E-state index in [0.29, 0.717) is 18.1 Å². The van der Waals surface area contributed by atoms with Crippen molar-refractivity contribution in [3.63, 3.8) is 0 Å². The third kappa shape index (κ3) is 6.84. The number of thioether (sulfide) groups is 1. The number of aromatic nitrogens is 4. The lowest BCUT2D eigenvalue weighted by molar-refractivity contribution is 0.0505. The highest BCUT2D eigenvalue weighted by atomic mass is 32.2. The van der Waals surface area contributed by atoms with Crippen LogP contribution in [-0.2, 0) is 16.0 Å². The van der Waals surface area contributed by atoms with Crippen LogP contribution in [0.4, 0.5) is 4.79 Å². The summed E-state index contributed by atoms with van der Waals surface area (Å²) < 4.78 is 6.56. The van der Waals surface area contributed by atoms with Crippen LogP contribution in [0.1, 0.15) is 55.7 Å². The van der Waals surface area contributed by atoms with E-state index in [9.17, 15) is 4.79 Å². The molecule has 39 heavy (non-hydrogen) atoms. The van der Waals surface area contributed by atoms with Gasteiger partial charge in [0.2, 0.25) is 0 Å². The standard InChI is InChI=1S/C30H32N6O2S/c1-29(2,3)38-28(37)32-26(27-33-34-35-36(27)21-13-20-31)22-39-30(23-14-7-4-8-15-23,24-16-9-5-10-17-24)25-18-11-6-12-19-25/h4-12,14-19,26H,13,21-22H2,1-3H3,(H,32,37)/t26-/m0/s1. The van der Waals surface area contributed by atoms with E-state index in [4.69, 9.17) is 10.00 Å². The van der Waals surface area contributed by atoms with Gasteiger partial charge in [0.1, 0.15) is 11.6 Å². The van der Waals surface area contributed by atoms with Crippen molar-refractivity contribution in [1.29, 1.82) is 5.26 Å². The predicted molar refractivity (Wildman–Crippen MR) is 152 cm³/mol. The molecule has 0 saturated carbocycles. The van der Waals surface area contributed by atoms with E-state index in [1.165, 1.54) is 0 Å².